The van der Waals surface area contributed by atoms with Gasteiger partial charge in [-0.05, 0) is 62.1 Å². The van der Waals surface area contributed by atoms with Crippen LogP contribution < -0.4 is 10.6 Å². The number of nitrogens with zero attached hydrogens (tertiary/aromatic N) is 1. The van der Waals surface area contributed by atoms with Crippen molar-refractivity contribution in [1.29, 1.82) is 0 Å². The summed E-state index contributed by atoms with van der Waals surface area (Å²) in [5.74, 6) is 1.59. The molecule has 2 fully saturated rings. The minimum Gasteiger partial charge on any atom is -0.382 e. The number of anilines is 2. The summed E-state index contributed by atoms with van der Waals surface area (Å²) in [7, 11) is 5.32. The fraction of sp³-hybridized carbons (Fsp3) is 0.632. The first-order valence-corrected chi connectivity index (χ1v) is 8.84. The molecule has 4 atom stereocenters. The molecule has 0 heterocycles. The lowest BCUT2D eigenvalue weighted by molar-refractivity contribution is 0.101. The SMILES string of the molecule is COC1C[C@H]2CC(Nc3cc(NC(=O)N(C)C)ccc3C)C[C@H]2C1. The third kappa shape index (κ3) is 3.66. The number of rotatable bonds is 4. The minimum atomic E-state index is -0.106. The molecule has 2 amide bonds. The number of nitrogens with one attached hydrogen (secondary N) is 2. The number of hydrogen-bond donors (Lipinski definition) is 2. The van der Waals surface area contributed by atoms with Gasteiger partial charge in [0, 0.05) is 38.6 Å². The van der Waals surface area contributed by atoms with Crippen LogP contribution in [-0.4, -0.2) is 44.3 Å². The third-order valence-corrected chi connectivity index (χ3v) is 5.56. The third-order valence-electron chi connectivity index (χ3n) is 5.56. The standard InChI is InChI=1S/C19H29N3O2/c1-12-5-6-15(21-19(23)22(2)3)11-18(12)20-16-7-13-9-17(24-4)10-14(13)8-16/h5-6,11,13-14,16-17,20H,7-10H2,1-4H3,(H,21,23)/t13-,14+,16?,17?. The monoisotopic (exact) mass is 331 g/mol. The van der Waals surface area contributed by atoms with Crippen LogP contribution >= 0.6 is 0 Å². The molecule has 5 heteroatoms. The van der Waals surface area contributed by atoms with E-state index in [0.717, 1.165) is 23.2 Å². The van der Waals surface area contributed by atoms with Crippen LogP contribution in [0.1, 0.15) is 31.2 Å². The summed E-state index contributed by atoms with van der Waals surface area (Å²) in [5, 5.41) is 6.63. The Bertz CT molecular complexity index is 588. The van der Waals surface area contributed by atoms with Crippen molar-refractivity contribution in [3.8, 4) is 0 Å². The molecule has 2 aliphatic rings. The molecule has 0 aromatic heterocycles. The van der Waals surface area contributed by atoms with Gasteiger partial charge < -0.3 is 20.3 Å². The molecule has 0 spiro atoms. The van der Waals surface area contributed by atoms with Crippen LogP contribution in [0.15, 0.2) is 18.2 Å². The number of hydrogen-bond acceptors (Lipinski definition) is 3. The fourth-order valence-corrected chi connectivity index (χ4v) is 4.18. The van der Waals surface area contributed by atoms with Gasteiger partial charge in [-0.25, -0.2) is 4.79 Å². The molecule has 2 saturated carbocycles. The smallest absolute Gasteiger partial charge is 0.321 e. The van der Waals surface area contributed by atoms with Gasteiger partial charge in [0.15, 0.2) is 0 Å². The Hall–Kier alpha value is -1.75. The van der Waals surface area contributed by atoms with Crippen molar-refractivity contribution in [2.45, 2.75) is 44.8 Å². The molecule has 0 radical (unpaired) electrons. The molecule has 2 aliphatic carbocycles. The van der Waals surface area contributed by atoms with Gasteiger partial charge in [0.05, 0.1) is 6.10 Å². The highest BCUT2D eigenvalue weighted by atomic mass is 16.5. The van der Waals surface area contributed by atoms with E-state index >= 15 is 0 Å². The summed E-state index contributed by atoms with van der Waals surface area (Å²) in [6, 6.07) is 6.48. The highest BCUT2D eigenvalue weighted by molar-refractivity contribution is 5.89. The molecular weight excluding hydrogens is 302 g/mol. The second kappa shape index (κ2) is 7.01. The Morgan fingerprint density at radius 1 is 1.17 bits per heavy atom. The number of fused-ring (bicyclic) bond motifs is 1. The molecule has 5 nitrogen and oxygen atoms in total. The van der Waals surface area contributed by atoms with Crippen molar-refractivity contribution in [2.24, 2.45) is 11.8 Å². The molecular formula is C19H29N3O2. The van der Waals surface area contributed by atoms with Gasteiger partial charge in [-0.15, -0.1) is 0 Å². The second-order valence-electron chi connectivity index (χ2n) is 7.52. The Balaban J connectivity index is 1.62. The van der Waals surface area contributed by atoms with Gasteiger partial charge in [0.25, 0.3) is 0 Å². The number of carbonyl (C=O) groups excluding carboxylic acids is 1. The molecule has 1 aromatic rings. The zero-order chi connectivity index (χ0) is 17.3. The van der Waals surface area contributed by atoms with Gasteiger partial charge in [-0.3, -0.25) is 0 Å². The molecule has 0 bridgehead atoms. The molecule has 132 valence electrons. The van der Waals surface area contributed by atoms with Gasteiger partial charge in [0.1, 0.15) is 0 Å². The zero-order valence-corrected chi connectivity index (χ0v) is 15.1. The molecule has 2 N–H and O–H groups in total. The van der Waals surface area contributed by atoms with Crippen molar-refractivity contribution in [1.82, 2.24) is 4.90 Å². The first kappa shape index (κ1) is 17.1. The quantitative estimate of drug-likeness (QED) is 0.884. The van der Waals surface area contributed by atoms with E-state index in [0.29, 0.717) is 12.1 Å². The molecule has 0 saturated heterocycles. The van der Waals surface area contributed by atoms with Crippen molar-refractivity contribution in [3.05, 3.63) is 23.8 Å². The van der Waals surface area contributed by atoms with Gasteiger partial charge in [0.2, 0.25) is 0 Å². The van der Waals surface area contributed by atoms with Crippen LogP contribution in [0.4, 0.5) is 16.2 Å². The van der Waals surface area contributed by atoms with E-state index in [9.17, 15) is 4.79 Å². The number of urea groups is 1. The number of amides is 2. The Morgan fingerprint density at radius 2 is 1.83 bits per heavy atom. The number of benzene rings is 1. The highest BCUT2D eigenvalue weighted by Crippen LogP contribution is 2.45. The molecule has 3 rings (SSSR count). The predicted octanol–water partition coefficient (Wildman–Crippen LogP) is 3.70. The van der Waals surface area contributed by atoms with Gasteiger partial charge >= 0.3 is 6.03 Å². The number of carbonyl (C=O) groups is 1. The van der Waals surface area contributed by atoms with Crippen LogP contribution in [0.3, 0.4) is 0 Å². The van der Waals surface area contributed by atoms with Crippen LogP contribution in [0.5, 0.6) is 0 Å². The lowest BCUT2D eigenvalue weighted by atomic mass is 10.0. The Morgan fingerprint density at radius 3 is 2.42 bits per heavy atom. The van der Waals surface area contributed by atoms with Crippen molar-refractivity contribution in [3.63, 3.8) is 0 Å². The van der Waals surface area contributed by atoms with Crippen molar-refractivity contribution >= 4 is 17.4 Å². The first-order chi connectivity index (χ1) is 11.5. The van der Waals surface area contributed by atoms with E-state index in [1.807, 2.05) is 19.2 Å². The molecule has 1 aromatic carbocycles. The van der Waals surface area contributed by atoms with Crippen molar-refractivity contribution in [2.75, 3.05) is 31.8 Å². The Kier molecular flexibility index (Phi) is 4.99. The van der Waals surface area contributed by atoms with E-state index < -0.39 is 0 Å². The van der Waals surface area contributed by atoms with Crippen LogP contribution in [-0.2, 0) is 4.74 Å². The summed E-state index contributed by atoms with van der Waals surface area (Å²) >= 11 is 0. The minimum absolute atomic E-state index is 0.106. The van der Waals surface area contributed by atoms with Crippen LogP contribution in [0, 0.1) is 18.8 Å². The van der Waals surface area contributed by atoms with E-state index in [1.54, 1.807) is 14.1 Å². The zero-order valence-electron chi connectivity index (χ0n) is 15.1. The average Bonchev–Trinajstić information content (AvgIpc) is 3.08. The topological polar surface area (TPSA) is 53.6 Å². The maximum Gasteiger partial charge on any atom is 0.321 e. The summed E-state index contributed by atoms with van der Waals surface area (Å²) in [6.45, 7) is 2.11. The van der Waals surface area contributed by atoms with E-state index in [4.69, 9.17) is 4.74 Å². The lowest BCUT2D eigenvalue weighted by Crippen LogP contribution is -2.27. The average molecular weight is 331 g/mol. The summed E-state index contributed by atoms with van der Waals surface area (Å²) in [4.78, 5) is 13.4. The van der Waals surface area contributed by atoms with E-state index in [-0.39, 0.29) is 6.03 Å². The van der Waals surface area contributed by atoms with Crippen LogP contribution in [0.2, 0.25) is 0 Å². The lowest BCUT2D eigenvalue weighted by Gasteiger charge is -2.20. The Labute approximate surface area is 144 Å². The summed E-state index contributed by atoms with van der Waals surface area (Å²) < 4.78 is 5.53. The number of ether oxygens (including phenoxy) is 1. The van der Waals surface area contributed by atoms with E-state index in [1.165, 1.54) is 36.1 Å². The van der Waals surface area contributed by atoms with Crippen molar-refractivity contribution < 1.29 is 9.53 Å². The predicted molar refractivity (Wildman–Crippen MR) is 97.5 cm³/mol. The normalized spacial score (nSPS) is 28.5. The second-order valence-corrected chi connectivity index (χ2v) is 7.52. The van der Waals surface area contributed by atoms with Gasteiger partial charge in [-0.1, -0.05) is 6.07 Å². The van der Waals surface area contributed by atoms with E-state index in [2.05, 4.69) is 23.6 Å². The molecule has 24 heavy (non-hydrogen) atoms. The highest BCUT2D eigenvalue weighted by Gasteiger charge is 2.41. The number of methoxy groups -OCH3 is 1. The maximum atomic E-state index is 11.8. The van der Waals surface area contributed by atoms with Crippen LogP contribution in [0.25, 0.3) is 0 Å². The molecule has 0 aliphatic heterocycles. The first-order valence-electron chi connectivity index (χ1n) is 8.84. The summed E-state index contributed by atoms with van der Waals surface area (Å²) in [5.41, 5.74) is 3.17. The largest absolute Gasteiger partial charge is 0.382 e. The maximum absolute atomic E-state index is 11.8. The molecule has 2 unspecified atom stereocenters. The van der Waals surface area contributed by atoms with Gasteiger partial charge in [-0.2, -0.15) is 0 Å². The fourth-order valence-electron chi connectivity index (χ4n) is 4.18. The number of aryl methyl sites for hydroxylation is 1. The summed E-state index contributed by atoms with van der Waals surface area (Å²) in [6.07, 6.45) is 5.32.